The molecule has 2 aromatic rings. The molecule has 30 heavy (non-hydrogen) atoms. The maximum atomic E-state index is 12.8. The van der Waals surface area contributed by atoms with Crippen molar-refractivity contribution < 1.29 is 27.5 Å². The second-order valence-corrected chi connectivity index (χ2v) is 6.94. The smallest absolute Gasteiger partial charge is 0.416 e. The molecule has 0 unspecified atom stereocenters. The largest absolute Gasteiger partial charge is 0.465 e. The lowest BCUT2D eigenvalue weighted by Crippen LogP contribution is -2.37. The van der Waals surface area contributed by atoms with Crippen LogP contribution in [0.1, 0.15) is 29.2 Å². The first-order valence-corrected chi connectivity index (χ1v) is 9.50. The van der Waals surface area contributed by atoms with Crippen LogP contribution in [0.25, 0.3) is 0 Å². The Morgan fingerprint density at radius 1 is 1.03 bits per heavy atom. The van der Waals surface area contributed by atoms with Crippen LogP contribution in [0.4, 0.5) is 18.9 Å². The lowest BCUT2D eigenvalue weighted by molar-refractivity contribution is -0.144. The predicted molar refractivity (Wildman–Crippen MR) is 108 cm³/mol. The van der Waals surface area contributed by atoms with Gasteiger partial charge in [0.25, 0.3) is 0 Å². The zero-order valence-corrected chi connectivity index (χ0v) is 17.2. The minimum atomic E-state index is -4.42. The Hall–Kier alpha value is -2.87. The van der Waals surface area contributed by atoms with Crippen LogP contribution in [0.3, 0.4) is 0 Å². The molecule has 0 aromatic heterocycles. The summed E-state index contributed by atoms with van der Waals surface area (Å²) in [5.74, 6) is -0.844. The minimum absolute atomic E-state index is 0.118. The number of nitrogens with one attached hydrogen (secondary N) is 1. The van der Waals surface area contributed by atoms with Gasteiger partial charge in [-0.1, -0.05) is 24.3 Å². The highest BCUT2D eigenvalue weighted by molar-refractivity contribution is 5.93. The van der Waals surface area contributed by atoms with Crippen LogP contribution in [0.15, 0.2) is 42.5 Å². The summed E-state index contributed by atoms with van der Waals surface area (Å²) >= 11 is 0. The quantitative estimate of drug-likeness (QED) is 0.644. The number of benzene rings is 2. The van der Waals surface area contributed by atoms with Crippen molar-refractivity contribution in [2.75, 3.05) is 25.0 Å². The van der Waals surface area contributed by atoms with Gasteiger partial charge in [-0.15, -0.1) is 0 Å². The first-order chi connectivity index (χ1) is 14.1. The van der Waals surface area contributed by atoms with E-state index >= 15 is 0 Å². The maximum Gasteiger partial charge on any atom is 0.416 e. The normalized spacial score (nSPS) is 11.4. The van der Waals surface area contributed by atoms with Crippen molar-refractivity contribution in [1.82, 2.24) is 4.90 Å². The third kappa shape index (κ3) is 6.88. The van der Waals surface area contributed by atoms with E-state index in [1.54, 1.807) is 13.0 Å². The van der Waals surface area contributed by atoms with Crippen LogP contribution >= 0.6 is 0 Å². The summed E-state index contributed by atoms with van der Waals surface area (Å²) in [6, 6.07) is 10.2. The highest BCUT2D eigenvalue weighted by Crippen LogP contribution is 2.29. The van der Waals surface area contributed by atoms with Gasteiger partial charge in [0, 0.05) is 12.2 Å². The summed E-state index contributed by atoms with van der Waals surface area (Å²) < 4.78 is 43.2. The molecule has 5 nitrogen and oxygen atoms in total. The number of aryl methyl sites for hydroxylation is 1. The topological polar surface area (TPSA) is 58.6 Å². The fourth-order valence-corrected chi connectivity index (χ4v) is 2.89. The Morgan fingerprint density at radius 2 is 1.70 bits per heavy atom. The Morgan fingerprint density at radius 3 is 2.30 bits per heavy atom. The highest BCUT2D eigenvalue weighted by atomic mass is 19.4. The van der Waals surface area contributed by atoms with E-state index in [1.807, 2.05) is 26.0 Å². The molecule has 1 N–H and O–H groups in total. The van der Waals surface area contributed by atoms with E-state index in [2.05, 4.69) is 5.32 Å². The monoisotopic (exact) mass is 422 g/mol. The summed E-state index contributed by atoms with van der Waals surface area (Å²) in [7, 11) is 0. The Bertz CT molecular complexity index is 880. The summed E-state index contributed by atoms with van der Waals surface area (Å²) in [5, 5.41) is 2.82. The number of halogens is 3. The summed E-state index contributed by atoms with van der Waals surface area (Å²) in [4.78, 5) is 26.0. The molecule has 0 fully saturated rings. The molecule has 0 spiro atoms. The summed E-state index contributed by atoms with van der Waals surface area (Å²) in [6.45, 7) is 5.54. The molecule has 0 radical (unpaired) electrons. The van der Waals surface area contributed by atoms with Crippen molar-refractivity contribution in [1.29, 1.82) is 0 Å². The molecule has 0 aliphatic heterocycles. The molecule has 2 rings (SSSR count). The maximum absolute atomic E-state index is 12.8. The second kappa shape index (κ2) is 10.2. The van der Waals surface area contributed by atoms with E-state index in [4.69, 9.17) is 4.74 Å². The fourth-order valence-electron chi connectivity index (χ4n) is 2.89. The van der Waals surface area contributed by atoms with Gasteiger partial charge in [-0.2, -0.15) is 13.2 Å². The molecule has 0 saturated heterocycles. The number of carbonyl (C=O) groups is 2. The number of esters is 1. The van der Waals surface area contributed by atoms with Gasteiger partial charge in [0.2, 0.25) is 5.91 Å². The van der Waals surface area contributed by atoms with Gasteiger partial charge in [-0.3, -0.25) is 14.5 Å². The average Bonchev–Trinajstić information content (AvgIpc) is 2.65. The summed E-state index contributed by atoms with van der Waals surface area (Å²) in [6.07, 6.45) is -4.42. The Labute approximate surface area is 173 Å². The SMILES string of the molecule is CCOC(=O)CN(CC(=O)Nc1cccc(C)c1C)Cc1ccc(C(F)(F)F)cc1. The van der Waals surface area contributed by atoms with Gasteiger partial charge in [-0.25, -0.2) is 0 Å². The van der Waals surface area contributed by atoms with Gasteiger partial charge in [0.05, 0.1) is 25.3 Å². The first kappa shape index (κ1) is 23.4. The van der Waals surface area contributed by atoms with Gasteiger partial charge in [0.15, 0.2) is 0 Å². The van der Waals surface area contributed by atoms with Crippen molar-refractivity contribution in [3.05, 3.63) is 64.7 Å². The first-order valence-electron chi connectivity index (χ1n) is 9.50. The molecule has 162 valence electrons. The molecule has 8 heteroatoms. The van der Waals surface area contributed by atoms with Crippen LogP contribution in [0, 0.1) is 13.8 Å². The lowest BCUT2D eigenvalue weighted by atomic mass is 10.1. The predicted octanol–water partition coefficient (Wildman–Crippen LogP) is 4.33. The number of alkyl halides is 3. The van der Waals surface area contributed by atoms with Crippen molar-refractivity contribution in [3.8, 4) is 0 Å². The number of rotatable bonds is 8. The van der Waals surface area contributed by atoms with Gasteiger partial charge >= 0.3 is 12.1 Å². The molecule has 0 aliphatic carbocycles. The minimum Gasteiger partial charge on any atom is -0.465 e. The molecule has 1 amide bonds. The van der Waals surface area contributed by atoms with E-state index in [-0.39, 0.29) is 32.1 Å². The zero-order chi connectivity index (χ0) is 22.3. The number of anilines is 1. The average molecular weight is 422 g/mol. The fraction of sp³-hybridized carbons (Fsp3) is 0.364. The number of hydrogen-bond donors (Lipinski definition) is 1. The number of nitrogens with zero attached hydrogens (tertiary/aromatic N) is 1. The van der Waals surface area contributed by atoms with Crippen molar-refractivity contribution >= 4 is 17.6 Å². The number of ether oxygens (including phenoxy) is 1. The molecule has 0 aliphatic rings. The standard InChI is InChI=1S/C22H25F3N2O3/c1-4-30-21(29)14-27(12-17-8-10-18(11-9-17)22(23,24)25)13-20(28)26-19-7-5-6-15(2)16(19)3/h5-11H,4,12-14H2,1-3H3,(H,26,28). The van der Waals surface area contributed by atoms with E-state index in [1.165, 1.54) is 17.0 Å². The van der Waals surface area contributed by atoms with Gasteiger partial charge in [-0.05, 0) is 55.7 Å². The van der Waals surface area contributed by atoms with Crippen molar-refractivity contribution in [2.45, 2.75) is 33.5 Å². The lowest BCUT2D eigenvalue weighted by Gasteiger charge is -2.21. The van der Waals surface area contributed by atoms with Crippen molar-refractivity contribution in [3.63, 3.8) is 0 Å². The highest BCUT2D eigenvalue weighted by Gasteiger charge is 2.30. The number of hydrogen-bond acceptors (Lipinski definition) is 4. The molecule has 2 aromatic carbocycles. The van der Waals surface area contributed by atoms with E-state index in [0.29, 0.717) is 11.3 Å². The van der Waals surface area contributed by atoms with Gasteiger partial charge < -0.3 is 10.1 Å². The van der Waals surface area contributed by atoms with Crippen LogP contribution < -0.4 is 5.32 Å². The molecular weight excluding hydrogens is 397 g/mol. The van der Waals surface area contributed by atoms with Crippen molar-refractivity contribution in [2.24, 2.45) is 0 Å². The Kier molecular flexibility index (Phi) is 8.00. The van der Waals surface area contributed by atoms with Crippen LogP contribution in [-0.2, 0) is 27.0 Å². The molecule has 0 bridgehead atoms. The number of amides is 1. The van der Waals surface area contributed by atoms with E-state index < -0.39 is 17.7 Å². The molecule has 0 heterocycles. The number of carbonyl (C=O) groups excluding carboxylic acids is 2. The molecule has 0 atom stereocenters. The van der Waals surface area contributed by atoms with Gasteiger partial charge in [0.1, 0.15) is 0 Å². The van der Waals surface area contributed by atoms with Crippen LogP contribution in [0.5, 0.6) is 0 Å². The molecule has 0 saturated carbocycles. The summed E-state index contributed by atoms with van der Waals surface area (Å²) in [5.41, 5.74) is 2.43. The van der Waals surface area contributed by atoms with Crippen LogP contribution in [0.2, 0.25) is 0 Å². The van der Waals surface area contributed by atoms with E-state index in [9.17, 15) is 22.8 Å². The zero-order valence-electron chi connectivity index (χ0n) is 17.2. The third-order valence-corrected chi connectivity index (χ3v) is 4.59. The third-order valence-electron chi connectivity index (χ3n) is 4.59. The van der Waals surface area contributed by atoms with E-state index in [0.717, 1.165) is 23.3 Å². The molecular formula is C22H25F3N2O3. The second-order valence-electron chi connectivity index (χ2n) is 6.94. The Balaban J connectivity index is 2.11. The van der Waals surface area contributed by atoms with Crippen LogP contribution in [-0.4, -0.2) is 36.5 Å².